The summed E-state index contributed by atoms with van der Waals surface area (Å²) in [5.74, 6) is 1.74. The predicted molar refractivity (Wildman–Crippen MR) is 131 cm³/mol. The molecule has 34 heavy (non-hydrogen) atoms. The van der Waals surface area contributed by atoms with Crippen molar-refractivity contribution in [3.05, 3.63) is 59.1 Å². The monoisotopic (exact) mass is 462 g/mol. The number of nitrogens with zero attached hydrogens (tertiary/aromatic N) is 5. The van der Waals surface area contributed by atoms with Gasteiger partial charge in [-0.25, -0.2) is 4.98 Å². The van der Waals surface area contributed by atoms with Gasteiger partial charge in [0.15, 0.2) is 5.82 Å². The van der Waals surface area contributed by atoms with Crippen LogP contribution in [0.2, 0.25) is 0 Å². The minimum absolute atomic E-state index is 0.220. The number of likely N-dealkylation sites (N-methyl/N-ethyl adjacent to an activating group) is 1. The molecule has 3 aromatic heterocycles. The number of nitrogen functional groups attached to an aromatic ring is 1. The number of fused-ring (bicyclic) bond motifs is 1. The van der Waals surface area contributed by atoms with Crippen LogP contribution in [-0.4, -0.2) is 57.9 Å². The van der Waals surface area contributed by atoms with E-state index >= 15 is 0 Å². The Morgan fingerprint density at radius 2 is 2.06 bits per heavy atom. The summed E-state index contributed by atoms with van der Waals surface area (Å²) in [7, 11) is 3.73. The molecule has 1 aliphatic rings. The number of nitrogens with one attached hydrogen (secondary N) is 2. The van der Waals surface area contributed by atoms with Gasteiger partial charge in [-0.1, -0.05) is 17.3 Å². The number of rotatable bonds is 9. The van der Waals surface area contributed by atoms with Gasteiger partial charge >= 0.3 is 0 Å². The summed E-state index contributed by atoms with van der Waals surface area (Å²) in [6.45, 7) is 6.11. The van der Waals surface area contributed by atoms with Gasteiger partial charge < -0.3 is 30.2 Å². The quantitative estimate of drug-likeness (QED) is 0.344. The zero-order chi connectivity index (χ0) is 23.7. The van der Waals surface area contributed by atoms with Gasteiger partial charge in [-0.3, -0.25) is 4.90 Å². The van der Waals surface area contributed by atoms with Gasteiger partial charge in [-0.05, 0) is 31.7 Å². The SMILES string of the molecule is CNC1CN(Cc2ccc(Cn3ccc4nc(N)nc(NCc5nocc5C)c43)c(OC)c2)C1. The lowest BCUT2D eigenvalue weighted by Crippen LogP contribution is -2.56. The molecule has 1 aromatic carbocycles. The molecule has 0 bridgehead atoms. The van der Waals surface area contributed by atoms with Crippen LogP contribution < -0.4 is 21.1 Å². The number of methoxy groups -OCH3 is 1. The Balaban J connectivity index is 1.38. The van der Waals surface area contributed by atoms with Crippen LogP contribution in [0.4, 0.5) is 11.8 Å². The molecule has 0 atom stereocenters. The van der Waals surface area contributed by atoms with Crippen molar-refractivity contribution in [1.82, 2.24) is 29.9 Å². The second kappa shape index (κ2) is 9.32. The molecule has 4 aromatic rings. The van der Waals surface area contributed by atoms with Crippen LogP contribution in [0.1, 0.15) is 22.4 Å². The van der Waals surface area contributed by atoms with E-state index in [9.17, 15) is 0 Å². The standard InChI is InChI=1S/C24H30N8O2/c1-15-14-34-30-20(15)9-27-23-22-19(28-24(25)29-23)6-7-32(22)11-17-5-4-16(8-21(17)33-3)10-31-12-18(13-31)26-2/h4-8,14,18,26H,9-13H2,1-3H3,(H3,25,27,28,29). The molecule has 0 aliphatic carbocycles. The number of ether oxygens (including phenoxy) is 1. The average Bonchev–Trinajstić information content (AvgIpc) is 3.40. The van der Waals surface area contributed by atoms with Crippen molar-refractivity contribution in [3.63, 3.8) is 0 Å². The van der Waals surface area contributed by atoms with Crippen LogP contribution >= 0.6 is 0 Å². The third kappa shape index (κ3) is 4.42. The average molecular weight is 463 g/mol. The largest absolute Gasteiger partial charge is 0.496 e. The highest BCUT2D eigenvalue weighted by molar-refractivity contribution is 5.87. The van der Waals surface area contributed by atoms with E-state index in [0.29, 0.717) is 24.9 Å². The zero-order valence-corrected chi connectivity index (χ0v) is 19.7. The first-order valence-electron chi connectivity index (χ1n) is 11.4. The molecule has 1 saturated heterocycles. The van der Waals surface area contributed by atoms with Gasteiger partial charge in [0, 0.05) is 43.0 Å². The van der Waals surface area contributed by atoms with Crippen molar-refractivity contribution >= 4 is 22.8 Å². The van der Waals surface area contributed by atoms with E-state index in [1.165, 1.54) is 5.56 Å². The third-order valence-corrected chi connectivity index (χ3v) is 6.36. The smallest absolute Gasteiger partial charge is 0.222 e. The summed E-state index contributed by atoms with van der Waals surface area (Å²) in [4.78, 5) is 11.3. The summed E-state index contributed by atoms with van der Waals surface area (Å²) >= 11 is 0. The molecule has 1 fully saturated rings. The zero-order valence-electron chi connectivity index (χ0n) is 19.7. The molecule has 10 heteroatoms. The fraction of sp³-hybridized carbons (Fsp3) is 0.375. The minimum atomic E-state index is 0.220. The number of likely N-dealkylation sites (tertiary alicyclic amines) is 1. The molecule has 1 aliphatic heterocycles. The molecule has 4 heterocycles. The molecular weight excluding hydrogens is 432 g/mol. The number of aryl methyl sites for hydroxylation is 1. The van der Waals surface area contributed by atoms with Crippen molar-refractivity contribution in [2.75, 3.05) is 38.3 Å². The molecule has 0 unspecified atom stereocenters. The first kappa shape index (κ1) is 22.2. The van der Waals surface area contributed by atoms with Crippen LogP contribution in [0.15, 0.2) is 41.2 Å². The lowest BCUT2D eigenvalue weighted by Gasteiger charge is -2.39. The molecule has 0 radical (unpaired) electrons. The van der Waals surface area contributed by atoms with E-state index in [-0.39, 0.29) is 5.95 Å². The minimum Gasteiger partial charge on any atom is -0.496 e. The first-order chi connectivity index (χ1) is 16.5. The van der Waals surface area contributed by atoms with E-state index in [1.54, 1.807) is 13.4 Å². The van der Waals surface area contributed by atoms with Gasteiger partial charge in [0.1, 0.15) is 23.2 Å². The Hall–Kier alpha value is -3.63. The molecule has 5 rings (SSSR count). The van der Waals surface area contributed by atoms with Crippen molar-refractivity contribution in [2.45, 2.75) is 32.6 Å². The molecular formula is C24H30N8O2. The van der Waals surface area contributed by atoms with E-state index in [0.717, 1.165) is 53.2 Å². The summed E-state index contributed by atoms with van der Waals surface area (Å²) in [6, 6.07) is 8.99. The van der Waals surface area contributed by atoms with Gasteiger partial charge in [0.2, 0.25) is 5.95 Å². The van der Waals surface area contributed by atoms with Crippen LogP contribution in [0.3, 0.4) is 0 Å². The maximum atomic E-state index is 5.97. The first-order valence-corrected chi connectivity index (χ1v) is 11.4. The summed E-state index contributed by atoms with van der Waals surface area (Å²) in [6.07, 6.45) is 3.62. The van der Waals surface area contributed by atoms with E-state index in [4.69, 9.17) is 15.0 Å². The number of nitrogens with two attached hydrogens (primary N) is 1. The third-order valence-electron chi connectivity index (χ3n) is 6.36. The lowest BCUT2D eigenvalue weighted by atomic mass is 10.1. The number of hydrogen-bond donors (Lipinski definition) is 3. The van der Waals surface area contributed by atoms with Crippen molar-refractivity contribution in [3.8, 4) is 5.75 Å². The lowest BCUT2D eigenvalue weighted by molar-refractivity contribution is 0.124. The molecule has 178 valence electrons. The van der Waals surface area contributed by atoms with E-state index in [2.05, 4.69) is 53.4 Å². The number of benzene rings is 1. The fourth-order valence-electron chi connectivity index (χ4n) is 4.37. The number of hydrogen-bond acceptors (Lipinski definition) is 9. The summed E-state index contributed by atoms with van der Waals surface area (Å²) in [5.41, 5.74) is 11.7. The molecule has 0 saturated carbocycles. The second-order valence-corrected chi connectivity index (χ2v) is 8.73. The normalized spacial score (nSPS) is 14.4. The van der Waals surface area contributed by atoms with Crippen LogP contribution in [0, 0.1) is 6.92 Å². The predicted octanol–water partition coefficient (Wildman–Crippen LogP) is 2.38. The summed E-state index contributed by atoms with van der Waals surface area (Å²) in [5, 5.41) is 10.7. The number of anilines is 2. The fourth-order valence-corrected chi connectivity index (χ4v) is 4.37. The van der Waals surface area contributed by atoms with Gasteiger partial charge in [-0.2, -0.15) is 4.98 Å². The van der Waals surface area contributed by atoms with Crippen LogP contribution in [-0.2, 0) is 19.6 Å². The Labute approximate surface area is 198 Å². The Kier molecular flexibility index (Phi) is 6.08. The molecule has 0 spiro atoms. The van der Waals surface area contributed by atoms with Gasteiger partial charge in [0.25, 0.3) is 0 Å². The molecule has 0 amide bonds. The number of aromatic nitrogens is 4. The van der Waals surface area contributed by atoms with E-state index < -0.39 is 0 Å². The maximum Gasteiger partial charge on any atom is 0.222 e. The molecule has 10 nitrogen and oxygen atoms in total. The Morgan fingerprint density at radius 3 is 2.79 bits per heavy atom. The van der Waals surface area contributed by atoms with Gasteiger partial charge in [0.05, 0.1) is 25.7 Å². The van der Waals surface area contributed by atoms with Crippen LogP contribution in [0.5, 0.6) is 5.75 Å². The molecule has 4 N–H and O–H groups in total. The van der Waals surface area contributed by atoms with Crippen LogP contribution in [0.25, 0.3) is 11.0 Å². The highest BCUT2D eigenvalue weighted by atomic mass is 16.5. The summed E-state index contributed by atoms with van der Waals surface area (Å²) < 4.78 is 12.9. The Bertz CT molecular complexity index is 1290. The second-order valence-electron chi connectivity index (χ2n) is 8.73. The topological polar surface area (TPSA) is 119 Å². The van der Waals surface area contributed by atoms with E-state index in [1.807, 2.05) is 26.2 Å². The van der Waals surface area contributed by atoms with Crippen molar-refractivity contribution < 1.29 is 9.26 Å². The highest BCUT2D eigenvalue weighted by Gasteiger charge is 2.25. The van der Waals surface area contributed by atoms with Gasteiger partial charge in [-0.15, -0.1) is 0 Å². The van der Waals surface area contributed by atoms with Crippen molar-refractivity contribution in [2.24, 2.45) is 0 Å². The highest BCUT2D eigenvalue weighted by Crippen LogP contribution is 2.28. The van der Waals surface area contributed by atoms with Crippen molar-refractivity contribution in [1.29, 1.82) is 0 Å². The Morgan fingerprint density at radius 1 is 1.21 bits per heavy atom. The maximum absolute atomic E-state index is 5.97.